The molecule has 0 atom stereocenters. The van der Waals surface area contributed by atoms with E-state index >= 15 is 0 Å². The quantitative estimate of drug-likeness (QED) is 0.298. The van der Waals surface area contributed by atoms with Crippen molar-refractivity contribution >= 4 is 21.5 Å². The monoisotopic (exact) mass is 358 g/mol. The SMILES string of the molecule is Cc1cc2ccccc2cc1-c1c2c(cc[n+]1C)-c1cccc3cccc-2c13. The van der Waals surface area contributed by atoms with Crippen LogP contribution < -0.4 is 4.57 Å². The van der Waals surface area contributed by atoms with Crippen molar-refractivity contribution in [3.8, 4) is 33.5 Å². The first-order chi connectivity index (χ1) is 13.7. The van der Waals surface area contributed by atoms with Crippen molar-refractivity contribution in [1.29, 1.82) is 0 Å². The molecular formula is C27H20N+. The highest BCUT2D eigenvalue weighted by Crippen LogP contribution is 2.50. The van der Waals surface area contributed by atoms with Crippen molar-refractivity contribution in [1.82, 2.24) is 0 Å². The van der Waals surface area contributed by atoms with Crippen LogP contribution in [0.5, 0.6) is 0 Å². The van der Waals surface area contributed by atoms with Gasteiger partial charge in [-0.15, -0.1) is 0 Å². The van der Waals surface area contributed by atoms with E-state index in [0.29, 0.717) is 0 Å². The van der Waals surface area contributed by atoms with Crippen LogP contribution in [0.25, 0.3) is 55.1 Å². The van der Waals surface area contributed by atoms with Gasteiger partial charge in [-0.25, -0.2) is 4.57 Å². The number of pyridine rings is 1. The van der Waals surface area contributed by atoms with Gasteiger partial charge < -0.3 is 0 Å². The molecule has 28 heavy (non-hydrogen) atoms. The molecule has 1 nitrogen and oxygen atoms in total. The fourth-order valence-corrected chi connectivity index (χ4v) is 4.85. The minimum atomic E-state index is 1.29. The van der Waals surface area contributed by atoms with Crippen LogP contribution in [-0.4, -0.2) is 0 Å². The van der Waals surface area contributed by atoms with E-state index in [1.165, 1.54) is 60.6 Å². The molecule has 1 aliphatic carbocycles. The highest BCUT2D eigenvalue weighted by molar-refractivity contribution is 6.17. The van der Waals surface area contributed by atoms with Crippen molar-refractivity contribution in [2.24, 2.45) is 7.05 Å². The van der Waals surface area contributed by atoms with E-state index in [9.17, 15) is 0 Å². The number of nitrogens with zero attached hydrogens (tertiary/aromatic N) is 1. The van der Waals surface area contributed by atoms with Gasteiger partial charge in [0.1, 0.15) is 7.05 Å². The lowest BCUT2D eigenvalue weighted by Gasteiger charge is -2.12. The van der Waals surface area contributed by atoms with E-state index in [1.807, 2.05) is 0 Å². The van der Waals surface area contributed by atoms with Crippen LogP contribution in [0, 0.1) is 6.92 Å². The second-order valence-electron chi connectivity index (χ2n) is 7.79. The molecule has 0 N–H and O–H groups in total. The largest absolute Gasteiger partial charge is 0.221 e. The summed E-state index contributed by atoms with van der Waals surface area (Å²) in [5.74, 6) is 0. The molecule has 1 aromatic heterocycles. The topological polar surface area (TPSA) is 3.88 Å². The minimum absolute atomic E-state index is 1.29. The lowest BCUT2D eigenvalue weighted by atomic mass is 9.93. The molecule has 0 unspecified atom stereocenters. The zero-order valence-corrected chi connectivity index (χ0v) is 16.0. The van der Waals surface area contributed by atoms with Gasteiger partial charge >= 0.3 is 0 Å². The Morgan fingerprint density at radius 2 is 1.29 bits per heavy atom. The van der Waals surface area contributed by atoms with E-state index in [4.69, 9.17) is 0 Å². The van der Waals surface area contributed by atoms with Crippen molar-refractivity contribution in [2.45, 2.75) is 6.92 Å². The van der Waals surface area contributed by atoms with E-state index in [1.54, 1.807) is 0 Å². The maximum atomic E-state index is 2.35. The van der Waals surface area contributed by atoms with E-state index < -0.39 is 0 Å². The standard InChI is InChI=1S/C27H20N/c1-17-15-19-7-3-4-8-20(19)16-24(17)27-26-22(13-14-28(27)2)21-11-5-9-18-10-6-12-23(26)25(18)21/h3-16H,1-2H3/q+1. The smallest absolute Gasteiger partial charge is 0.200 e. The Hall–Kier alpha value is -3.45. The van der Waals surface area contributed by atoms with Crippen molar-refractivity contribution in [2.75, 3.05) is 0 Å². The summed E-state index contributed by atoms with van der Waals surface area (Å²) in [5.41, 5.74) is 9.31. The van der Waals surface area contributed by atoms with Gasteiger partial charge in [0.15, 0.2) is 6.20 Å². The van der Waals surface area contributed by atoms with E-state index in [0.717, 1.165) is 0 Å². The van der Waals surface area contributed by atoms with Crippen molar-refractivity contribution < 1.29 is 4.57 Å². The van der Waals surface area contributed by atoms with Crippen LogP contribution in [-0.2, 0) is 7.05 Å². The van der Waals surface area contributed by atoms with Gasteiger partial charge in [0.25, 0.3) is 0 Å². The highest BCUT2D eigenvalue weighted by Gasteiger charge is 2.30. The number of hydrogen-bond acceptors (Lipinski definition) is 0. The molecule has 0 spiro atoms. The van der Waals surface area contributed by atoms with Crippen LogP contribution in [0.4, 0.5) is 0 Å². The summed E-state index contributed by atoms with van der Waals surface area (Å²) >= 11 is 0. The molecule has 1 aliphatic rings. The van der Waals surface area contributed by atoms with Gasteiger partial charge in [-0.2, -0.15) is 0 Å². The first-order valence-corrected chi connectivity index (χ1v) is 9.77. The van der Waals surface area contributed by atoms with Gasteiger partial charge in [-0.3, -0.25) is 0 Å². The number of rotatable bonds is 1. The molecule has 0 aliphatic heterocycles. The Morgan fingerprint density at radius 3 is 2.07 bits per heavy atom. The first-order valence-electron chi connectivity index (χ1n) is 9.77. The summed E-state index contributed by atoms with van der Waals surface area (Å²) in [7, 11) is 2.16. The average molecular weight is 358 g/mol. The normalized spacial score (nSPS) is 11.9. The fourth-order valence-electron chi connectivity index (χ4n) is 4.85. The van der Waals surface area contributed by atoms with Crippen LogP contribution in [0.15, 0.2) is 85.1 Å². The molecule has 132 valence electrons. The molecule has 0 bridgehead atoms. The third-order valence-corrected chi connectivity index (χ3v) is 6.14. The Morgan fingerprint density at radius 1 is 0.607 bits per heavy atom. The molecule has 6 rings (SSSR count). The number of aryl methyl sites for hydroxylation is 2. The average Bonchev–Trinajstić information content (AvgIpc) is 3.04. The predicted octanol–water partition coefficient (Wildman–Crippen LogP) is 6.44. The zero-order chi connectivity index (χ0) is 18.8. The molecule has 5 aromatic rings. The lowest BCUT2D eigenvalue weighted by molar-refractivity contribution is -0.659. The van der Waals surface area contributed by atoms with Crippen LogP contribution in [0.2, 0.25) is 0 Å². The highest BCUT2D eigenvalue weighted by atomic mass is 14.9. The molecule has 0 fully saturated rings. The Kier molecular flexibility index (Phi) is 3.08. The maximum Gasteiger partial charge on any atom is 0.221 e. The molecule has 0 radical (unpaired) electrons. The summed E-state index contributed by atoms with van der Waals surface area (Å²) in [6, 6.07) is 28.9. The Labute approximate surface area is 164 Å². The Balaban J connectivity index is 1.75. The molecular weight excluding hydrogens is 338 g/mol. The minimum Gasteiger partial charge on any atom is -0.200 e. The summed E-state index contributed by atoms with van der Waals surface area (Å²) in [6.45, 7) is 2.23. The van der Waals surface area contributed by atoms with E-state index in [2.05, 4.69) is 104 Å². The third-order valence-electron chi connectivity index (χ3n) is 6.14. The number of benzene rings is 4. The van der Waals surface area contributed by atoms with Gasteiger partial charge in [0, 0.05) is 11.6 Å². The number of aromatic nitrogens is 1. The summed E-state index contributed by atoms with van der Waals surface area (Å²) in [6.07, 6.45) is 2.20. The maximum absolute atomic E-state index is 2.35. The Bertz CT molecular complexity index is 1420. The van der Waals surface area contributed by atoms with Gasteiger partial charge in [-0.1, -0.05) is 66.7 Å². The van der Waals surface area contributed by atoms with E-state index in [-0.39, 0.29) is 0 Å². The third kappa shape index (κ3) is 1.99. The second kappa shape index (κ2) is 5.53. The van der Waals surface area contributed by atoms with Crippen molar-refractivity contribution in [3.63, 3.8) is 0 Å². The summed E-state index contributed by atoms with van der Waals surface area (Å²) < 4.78 is 2.28. The van der Waals surface area contributed by atoms with Crippen LogP contribution >= 0.6 is 0 Å². The van der Waals surface area contributed by atoms with Crippen LogP contribution in [0.1, 0.15) is 5.56 Å². The molecule has 4 aromatic carbocycles. The molecule has 0 amide bonds. The second-order valence-corrected chi connectivity index (χ2v) is 7.79. The van der Waals surface area contributed by atoms with Crippen LogP contribution in [0.3, 0.4) is 0 Å². The van der Waals surface area contributed by atoms with Gasteiger partial charge in [0.05, 0.1) is 11.1 Å². The molecule has 0 saturated heterocycles. The summed E-state index contributed by atoms with van der Waals surface area (Å²) in [4.78, 5) is 0. The molecule has 0 saturated carbocycles. The predicted molar refractivity (Wildman–Crippen MR) is 117 cm³/mol. The summed E-state index contributed by atoms with van der Waals surface area (Å²) in [5, 5.41) is 5.28. The first kappa shape index (κ1) is 15.6. The zero-order valence-electron chi connectivity index (χ0n) is 16.0. The fraction of sp³-hybridized carbons (Fsp3) is 0.0741. The molecule has 1 heteroatoms. The van der Waals surface area contributed by atoms with Crippen molar-refractivity contribution in [3.05, 3.63) is 90.6 Å². The lowest BCUT2D eigenvalue weighted by Crippen LogP contribution is -2.31. The molecule has 1 heterocycles. The van der Waals surface area contributed by atoms with Gasteiger partial charge in [0.2, 0.25) is 5.69 Å². The number of hydrogen-bond donors (Lipinski definition) is 0. The van der Waals surface area contributed by atoms with Gasteiger partial charge in [-0.05, 0) is 51.2 Å². The number of fused-ring (bicyclic) bond motifs is 4.